The molecule has 0 aliphatic carbocycles. The summed E-state index contributed by atoms with van der Waals surface area (Å²) in [6.45, 7) is 8.18. The Bertz CT molecular complexity index is 628. The smallest absolute Gasteiger partial charge is 0.166 e. The van der Waals surface area contributed by atoms with Gasteiger partial charge in [0.2, 0.25) is 0 Å². The maximum absolute atomic E-state index is 6.10. The first kappa shape index (κ1) is 18.6. The second-order valence-electron chi connectivity index (χ2n) is 5.78. The Kier molecular flexibility index (Phi) is 7.41. The van der Waals surface area contributed by atoms with Crippen molar-refractivity contribution in [3.05, 3.63) is 58.6 Å². The predicted molar refractivity (Wildman–Crippen MR) is 100.0 cm³/mol. The lowest BCUT2D eigenvalue weighted by molar-refractivity contribution is 0.265. The summed E-state index contributed by atoms with van der Waals surface area (Å²) in [5.41, 5.74) is 2.18. The lowest BCUT2D eigenvalue weighted by atomic mass is 10.1. The van der Waals surface area contributed by atoms with Crippen molar-refractivity contribution >= 4 is 11.6 Å². The van der Waals surface area contributed by atoms with Gasteiger partial charge in [0.15, 0.2) is 11.5 Å². The maximum Gasteiger partial charge on any atom is 0.166 e. The van der Waals surface area contributed by atoms with Gasteiger partial charge in [-0.25, -0.2) is 0 Å². The number of para-hydroxylation sites is 1. The highest BCUT2D eigenvalue weighted by Crippen LogP contribution is 2.32. The SMILES string of the molecule is CCOc1cccc(CNC(C)CC)c1OCc1ccc(Cl)cc1. The third-order valence-electron chi connectivity index (χ3n) is 3.91. The van der Waals surface area contributed by atoms with E-state index >= 15 is 0 Å². The Hall–Kier alpha value is -1.71. The van der Waals surface area contributed by atoms with E-state index in [2.05, 4.69) is 25.2 Å². The van der Waals surface area contributed by atoms with Crippen LogP contribution >= 0.6 is 11.6 Å². The zero-order chi connectivity index (χ0) is 17.4. The summed E-state index contributed by atoms with van der Waals surface area (Å²) in [5.74, 6) is 1.60. The molecule has 0 heterocycles. The van der Waals surface area contributed by atoms with Crippen LogP contribution in [-0.2, 0) is 13.2 Å². The fourth-order valence-corrected chi connectivity index (χ4v) is 2.42. The molecule has 1 atom stereocenters. The molecule has 1 unspecified atom stereocenters. The monoisotopic (exact) mass is 347 g/mol. The largest absolute Gasteiger partial charge is 0.490 e. The van der Waals surface area contributed by atoms with Gasteiger partial charge in [-0.05, 0) is 44.0 Å². The van der Waals surface area contributed by atoms with Gasteiger partial charge in [-0.2, -0.15) is 0 Å². The molecule has 0 aromatic heterocycles. The molecule has 0 spiro atoms. The minimum atomic E-state index is 0.463. The summed E-state index contributed by atoms with van der Waals surface area (Å²) < 4.78 is 11.8. The molecule has 0 aliphatic rings. The van der Waals surface area contributed by atoms with Crippen LogP contribution in [0.1, 0.15) is 38.3 Å². The van der Waals surface area contributed by atoms with Gasteiger partial charge >= 0.3 is 0 Å². The average Bonchev–Trinajstić information content (AvgIpc) is 2.60. The number of hydrogen-bond acceptors (Lipinski definition) is 3. The van der Waals surface area contributed by atoms with Crippen molar-refractivity contribution in [1.29, 1.82) is 0 Å². The lowest BCUT2D eigenvalue weighted by Crippen LogP contribution is -2.24. The molecule has 0 saturated heterocycles. The molecular weight excluding hydrogens is 322 g/mol. The average molecular weight is 348 g/mol. The third kappa shape index (κ3) is 5.43. The topological polar surface area (TPSA) is 30.5 Å². The second kappa shape index (κ2) is 9.55. The van der Waals surface area contributed by atoms with Gasteiger partial charge in [0.1, 0.15) is 6.61 Å². The number of nitrogens with one attached hydrogen (secondary N) is 1. The summed E-state index contributed by atoms with van der Waals surface area (Å²) >= 11 is 5.94. The molecule has 4 heteroatoms. The van der Waals surface area contributed by atoms with Crippen molar-refractivity contribution in [3.63, 3.8) is 0 Å². The first-order valence-corrected chi connectivity index (χ1v) is 8.87. The molecule has 0 fully saturated rings. The molecule has 24 heavy (non-hydrogen) atoms. The molecule has 0 bridgehead atoms. The molecule has 1 N–H and O–H groups in total. The van der Waals surface area contributed by atoms with Crippen LogP contribution in [0, 0.1) is 0 Å². The Morgan fingerprint density at radius 1 is 1.04 bits per heavy atom. The molecule has 0 aliphatic heterocycles. The normalized spacial score (nSPS) is 12.0. The van der Waals surface area contributed by atoms with E-state index in [1.807, 2.05) is 43.3 Å². The van der Waals surface area contributed by atoms with E-state index in [9.17, 15) is 0 Å². The van der Waals surface area contributed by atoms with E-state index < -0.39 is 0 Å². The van der Waals surface area contributed by atoms with Crippen LogP contribution in [0.4, 0.5) is 0 Å². The van der Waals surface area contributed by atoms with Crippen LogP contribution < -0.4 is 14.8 Å². The van der Waals surface area contributed by atoms with E-state index in [1.165, 1.54) is 0 Å². The Labute approximate surface area is 149 Å². The second-order valence-corrected chi connectivity index (χ2v) is 6.22. The van der Waals surface area contributed by atoms with E-state index in [1.54, 1.807) is 0 Å². The summed E-state index contributed by atoms with van der Waals surface area (Å²) in [4.78, 5) is 0. The highest BCUT2D eigenvalue weighted by molar-refractivity contribution is 6.30. The summed E-state index contributed by atoms with van der Waals surface area (Å²) in [6, 6.07) is 14.2. The van der Waals surface area contributed by atoms with Gasteiger partial charge in [0.05, 0.1) is 6.61 Å². The predicted octanol–water partition coefficient (Wildman–Crippen LogP) is 5.21. The zero-order valence-electron chi connectivity index (χ0n) is 14.6. The number of ether oxygens (including phenoxy) is 2. The molecule has 3 nitrogen and oxygen atoms in total. The van der Waals surface area contributed by atoms with Crippen molar-refractivity contribution in [2.24, 2.45) is 0 Å². The van der Waals surface area contributed by atoms with Crippen LogP contribution in [-0.4, -0.2) is 12.6 Å². The van der Waals surface area contributed by atoms with Crippen molar-refractivity contribution in [1.82, 2.24) is 5.32 Å². The molecule has 2 aromatic rings. The van der Waals surface area contributed by atoms with Crippen molar-refractivity contribution in [2.45, 2.75) is 46.4 Å². The number of hydrogen-bond donors (Lipinski definition) is 1. The van der Waals surface area contributed by atoms with Crippen LogP contribution in [0.3, 0.4) is 0 Å². The molecule has 0 radical (unpaired) electrons. The highest BCUT2D eigenvalue weighted by Gasteiger charge is 2.12. The van der Waals surface area contributed by atoms with Crippen molar-refractivity contribution < 1.29 is 9.47 Å². The Balaban J connectivity index is 2.15. The van der Waals surface area contributed by atoms with Crippen LogP contribution in [0.5, 0.6) is 11.5 Å². The lowest BCUT2D eigenvalue weighted by Gasteiger charge is -2.18. The van der Waals surface area contributed by atoms with Crippen LogP contribution in [0.15, 0.2) is 42.5 Å². The third-order valence-corrected chi connectivity index (χ3v) is 4.16. The first-order valence-electron chi connectivity index (χ1n) is 8.49. The van der Waals surface area contributed by atoms with Gasteiger partial charge < -0.3 is 14.8 Å². The van der Waals surface area contributed by atoms with Crippen molar-refractivity contribution in [2.75, 3.05) is 6.61 Å². The molecule has 2 aromatic carbocycles. The maximum atomic E-state index is 6.10. The van der Waals surface area contributed by atoms with Gasteiger partial charge in [0.25, 0.3) is 0 Å². The summed E-state index contributed by atoms with van der Waals surface area (Å²) in [7, 11) is 0. The van der Waals surface area contributed by atoms with Gasteiger partial charge in [0, 0.05) is 23.2 Å². The van der Waals surface area contributed by atoms with Gasteiger partial charge in [-0.15, -0.1) is 0 Å². The van der Waals surface area contributed by atoms with Crippen LogP contribution in [0.25, 0.3) is 0 Å². The Morgan fingerprint density at radius 3 is 2.46 bits per heavy atom. The molecule has 2 rings (SSSR count). The van der Waals surface area contributed by atoms with E-state index in [0.717, 1.165) is 40.6 Å². The molecule has 0 saturated carbocycles. The first-order chi connectivity index (χ1) is 11.6. The Morgan fingerprint density at radius 2 is 1.79 bits per heavy atom. The highest BCUT2D eigenvalue weighted by atomic mass is 35.5. The number of rotatable bonds is 9. The molecular formula is C20H26ClNO2. The molecule has 0 amide bonds. The van der Waals surface area contributed by atoms with Gasteiger partial charge in [-0.3, -0.25) is 0 Å². The summed E-state index contributed by atoms with van der Waals surface area (Å²) in [6.07, 6.45) is 1.09. The minimum Gasteiger partial charge on any atom is -0.490 e. The van der Waals surface area contributed by atoms with Crippen LogP contribution in [0.2, 0.25) is 5.02 Å². The number of benzene rings is 2. The van der Waals surface area contributed by atoms with E-state index in [-0.39, 0.29) is 0 Å². The van der Waals surface area contributed by atoms with E-state index in [0.29, 0.717) is 19.3 Å². The molecule has 130 valence electrons. The fourth-order valence-electron chi connectivity index (χ4n) is 2.30. The fraction of sp³-hybridized carbons (Fsp3) is 0.400. The minimum absolute atomic E-state index is 0.463. The van der Waals surface area contributed by atoms with E-state index in [4.69, 9.17) is 21.1 Å². The summed E-state index contributed by atoms with van der Waals surface area (Å²) in [5, 5.41) is 4.24. The van der Waals surface area contributed by atoms with Gasteiger partial charge in [-0.1, -0.05) is 42.8 Å². The van der Waals surface area contributed by atoms with Crippen molar-refractivity contribution in [3.8, 4) is 11.5 Å². The zero-order valence-corrected chi connectivity index (χ0v) is 15.4. The number of halogens is 1. The standard InChI is InChI=1S/C20H26ClNO2/c1-4-15(3)22-13-17-7-6-8-19(23-5-2)20(17)24-14-16-9-11-18(21)12-10-16/h6-12,15,22H,4-5,13-14H2,1-3H3. The quantitative estimate of drug-likeness (QED) is 0.675.